The quantitative estimate of drug-likeness (QED) is 0.190. The molecule has 0 aromatic heterocycles. The number of anilines is 3. The molecule has 0 spiro atoms. The number of amides is 5. The highest BCUT2D eigenvalue weighted by molar-refractivity contribution is 6.02. The van der Waals surface area contributed by atoms with Gasteiger partial charge in [-0.3, -0.25) is 4.79 Å². The van der Waals surface area contributed by atoms with Crippen LogP contribution in [-0.2, 0) is 10.9 Å². The first-order chi connectivity index (χ1) is 25.2. The summed E-state index contributed by atoms with van der Waals surface area (Å²) in [5.74, 6) is 0.176. The van der Waals surface area contributed by atoms with E-state index >= 15 is 0 Å². The van der Waals surface area contributed by atoms with E-state index in [0.717, 1.165) is 18.6 Å². The summed E-state index contributed by atoms with van der Waals surface area (Å²) in [6, 6.07) is 14.1. The average molecular weight is 744 g/mol. The number of alkyl halides is 3. The number of benzene rings is 3. The first kappa shape index (κ1) is 40.7. The Labute approximate surface area is 307 Å². The minimum atomic E-state index is -4.50. The van der Waals surface area contributed by atoms with Crippen LogP contribution < -0.4 is 25.4 Å². The van der Waals surface area contributed by atoms with Crippen LogP contribution >= 0.6 is 0 Å². The van der Waals surface area contributed by atoms with E-state index in [1.54, 1.807) is 63.5 Å². The van der Waals surface area contributed by atoms with E-state index in [-0.39, 0.29) is 43.0 Å². The molecule has 15 heteroatoms. The fourth-order valence-corrected chi connectivity index (χ4v) is 5.74. The van der Waals surface area contributed by atoms with Crippen molar-refractivity contribution in [2.75, 3.05) is 56.4 Å². The summed E-state index contributed by atoms with van der Waals surface area (Å²) in [4.78, 5) is 43.3. The zero-order valence-electron chi connectivity index (χ0n) is 30.5. The van der Waals surface area contributed by atoms with Crippen molar-refractivity contribution in [2.45, 2.75) is 64.5 Å². The van der Waals surface area contributed by atoms with Crippen LogP contribution in [0, 0.1) is 5.92 Å². The van der Waals surface area contributed by atoms with Crippen LogP contribution in [0.3, 0.4) is 0 Å². The third kappa shape index (κ3) is 11.7. The summed E-state index contributed by atoms with van der Waals surface area (Å²) in [6.45, 7) is 5.77. The lowest BCUT2D eigenvalue weighted by atomic mass is 10.0. The van der Waals surface area contributed by atoms with Gasteiger partial charge in [-0.2, -0.15) is 13.2 Å². The van der Waals surface area contributed by atoms with E-state index in [0.29, 0.717) is 42.3 Å². The number of methoxy groups -OCH3 is 1. The number of likely N-dealkylation sites (N-methyl/N-ethyl adjacent to an activating group) is 1. The van der Waals surface area contributed by atoms with E-state index in [1.807, 2.05) is 13.8 Å². The van der Waals surface area contributed by atoms with Crippen molar-refractivity contribution in [2.24, 2.45) is 5.92 Å². The molecule has 0 aliphatic carbocycles. The van der Waals surface area contributed by atoms with Gasteiger partial charge in [-0.1, -0.05) is 6.92 Å². The van der Waals surface area contributed by atoms with Gasteiger partial charge in [-0.05, 0) is 99.8 Å². The smallest absolute Gasteiger partial charge is 0.416 e. The predicted octanol–water partition coefficient (Wildman–Crippen LogP) is 7.32. The van der Waals surface area contributed by atoms with Crippen molar-refractivity contribution in [3.8, 4) is 11.5 Å². The van der Waals surface area contributed by atoms with Gasteiger partial charge >= 0.3 is 18.2 Å². The van der Waals surface area contributed by atoms with Crippen LogP contribution in [0.2, 0.25) is 0 Å². The van der Waals surface area contributed by atoms with E-state index < -0.39 is 41.9 Å². The van der Waals surface area contributed by atoms with Gasteiger partial charge in [0.15, 0.2) is 0 Å². The number of urea groups is 2. The van der Waals surface area contributed by atoms with Crippen molar-refractivity contribution in [3.63, 3.8) is 0 Å². The Kier molecular flexibility index (Phi) is 14.3. The van der Waals surface area contributed by atoms with E-state index in [4.69, 9.17) is 14.2 Å². The predicted molar refractivity (Wildman–Crippen MR) is 196 cm³/mol. The number of halogens is 3. The Balaban J connectivity index is 1.54. The lowest BCUT2D eigenvalue weighted by Gasteiger charge is -2.35. The second-order valence-corrected chi connectivity index (χ2v) is 13.2. The molecule has 3 aromatic rings. The molecule has 1 aliphatic heterocycles. The van der Waals surface area contributed by atoms with Crippen molar-refractivity contribution in [1.82, 2.24) is 9.80 Å². The summed E-state index contributed by atoms with van der Waals surface area (Å²) < 4.78 is 56.7. The minimum absolute atomic E-state index is 0.108. The molecule has 1 aliphatic rings. The molecular formula is C38H48F3N5O7. The van der Waals surface area contributed by atoms with Crippen LogP contribution in [0.4, 0.5) is 39.8 Å². The molecule has 0 bridgehead atoms. The number of hydrogen-bond donors (Lipinski definition) is 4. The van der Waals surface area contributed by atoms with Gasteiger partial charge in [0, 0.05) is 49.7 Å². The molecule has 288 valence electrons. The van der Waals surface area contributed by atoms with Crippen LogP contribution in [-0.4, -0.2) is 91.6 Å². The minimum Gasteiger partial charge on any atom is -0.497 e. The molecule has 3 aromatic carbocycles. The summed E-state index contributed by atoms with van der Waals surface area (Å²) >= 11 is 0. The third-order valence-corrected chi connectivity index (χ3v) is 8.92. The lowest BCUT2D eigenvalue weighted by Crippen LogP contribution is -2.48. The summed E-state index contributed by atoms with van der Waals surface area (Å²) in [5.41, 5.74) is 0.436. The van der Waals surface area contributed by atoms with Gasteiger partial charge in [-0.25, -0.2) is 9.59 Å². The fraction of sp³-hybridized carbons (Fsp3) is 0.447. The van der Waals surface area contributed by atoms with Crippen molar-refractivity contribution in [3.05, 3.63) is 77.9 Å². The van der Waals surface area contributed by atoms with Gasteiger partial charge in [-0.15, -0.1) is 0 Å². The Morgan fingerprint density at radius 2 is 1.60 bits per heavy atom. The number of fused-ring (bicyclic) bond motifs is 1. The zero-order valence-corrected chi connectivity index (χ0v) is 30.5. The highest BCUT2D eigenvalue weighted by Crippen LogP contribution is 2.31. The number of aliphatic hydroxyl groups excluding tert-OH is 1. The van der Waals surface area contributed by atoms with Crippen LogP contribution in [0.5, 0.6) is 11.5 Å². The molecule has 0 saturated carbocycles. The number of ether oxygens (including phenoxy) is 3. The highest BCUT2D eigenvalue weighted by Gasteiger charge is 2.32. The van der Waals surface area contributed by atoms with Crippen molar-refractivity contribution >= 4 is 35.0 Å². The number of rotatable bonds is 8. The first-order valence-corrected chi connectivity index (χ1v) is 17.4. The maximum atomic E-state index is 14.4. The number of aliphatic hydroxyl groups is 1. The summed E-state index contributed by atoms with van der Waals surface area (Å²) in [6.07, 6.45) is -3.19. The number of carbonyl (C=O) groups excluding carboxylic acids is 3. The van der Waals surface area contributed by atoms with Gasteiger partial charge in [0.25, 0.3) is 5.91 Å². The summed E-state index contributed by atoms with van der Waals surface area (Å²) in [7, 11) is 3.10. The monoisotopic (exact) mass is 743 g/mol. The second kappa shape index (κ2) is 18.6. The molecule has 12 nitrogen and oxygen atoms in total. The van der Waals surface area contributed by atoms with E-state index in [2.05, 4.69) is 16.0 Å². The standard InChI is InChI=1S/C38H48F3N5O7/c1-24-21-46(25(2)23-47)35(48)32-20-30(43-36(49)42-28-13-16-31(51-5)17-14-28)15-18-33(32)53-26(3)8-6-7-19-52-34(24)22-45(4)37(50)44-29-11-9-27(10-12-29)38(39,40)41/h9-18,20,24-26,34,47H,6-8,19,21-23H2,1-5H3,(H,44,50)(H2,42,43,49)/t24-,25+,26-,34-/m1/s1. The number of hydrogen-bond acceptors (Lipinski definition) is 7. The topological polar surface area (TPSA) is 142 Å². The molecule has 0 radical (unpaired) electrons. The molecule has 1 heterocycles. The Morgan fingerprint density at radius 1 is 0.981 bits per heavy atom. The zero-order chi connectivity index (χ0) is 38.7. The van der Waals surface area contributed by atoms with Crippen molar-refractivity contribution < 1.29 is 46.9 Å². The Bertz CT molecular complexity index is 1670. The van der Waals surface area contributed by atoms with Crippen LogP contribution in [0.15, 0.2) is 66.7 Å². The van der Waals surface area contributed by atoms with Crippen molar-refractivity contribution in [1.29, 1.82) is 0 Å². The maximum absolute atomic E-state index is 14.4. The van der Waals surface area contributed by atoms with Gasteiger partial charge in [0.2, 0.25) is 0 Å². The van der Waals surface area contributed by atoms with E-state index in [9.17, 15) is 32.7 Å². The van der Waals surface area contributed by atoms with Gasteiger partial charge < -0.3 is 45.1 Å². The molecular weight excluding hydrogens is 695 g/mol. The number of carbonyl (C=O) groups is 3. The Hall–Kier alpha value is -5.02. The number of nitrogens with zero attached hydrogens (tertiary/aromatic N) is 2. The number of nitrogens with one attached hydrogen (secondary N) is 3. The van der Waals surface area contributed by atoms with Gasteiger partial charge in [0.05, 0.1) is 43.1 Å². The van der Waals surface area contributed by atoms with E-state index in [1.165, 1.54) is 21.9 Å². The molecule has 0 unspecified atom stereocenters. The molecule has 4 rings (SSSR count). The van der Waals surface area contributed by atoms with Crippen LogP contribution in [0.25, 0.3) is 0 Å². The molecule has 0 fully saturated rings. The molecule has 5 amide bonds. The van der Waals surface area contributed by atoms with Gasteiger partial charge in [0.1, 0.15) is 11.5 Å². The third-order valence-electron chi connectivity index (χ3n) is 8.92. The fourth-order valence-electron chi connectivity index (χ4n) is 5.74. The lowest BCUT2D eigenvalue weighted by molar-refractivity contribution is -0.137. The molecule has 4 atom stereocenters. The summed E-state index contributed by atoms with van der Waals surface area (Å²) in [5, 5.41) is 18.4. The SMILES string of the molecule is COc1ccc(NC(=O)Nc2ccc3c(c2)C(=O)N([C@@H](C)CO)C[C@@H](C)[C@@H](CN(C)C(=O)Nc2ccc(C(F)(F)F)cc2)OCCCC[C@@H](C)O3)cc1. The molecule has 53 heavy (non-hydrogen) atoms. The normalized spacial score (nSPS) is 19.2. The molecule has 4 N–H and O–H groups in total. The second-order valence-electron chi connectivity index (χ2n) is 13.2. The largest absolute Gasteiger partial charge is 0.497 e. The average Bonchev–Trinajstić information content (AvgIpc) is 3.12. The maximum Gasteiger partial charge on any atom is 0.416 e. The Morgan fingerprint density at radius 3 is 2.25 bits per heavy atom. The first-order valence-electron chi connectivity index (χ1n) is 17.4. The molecule has 0 saturated heterocycles. The van der Waals surface area contributed by atoms with Crippen LogP contribution in [0.1, 0.15) is 56.0 Å². The highest BCUT2D eigenvalue weighted by atomic mass is 19.4.